The summed E-state index contributed by atoms with van der Waals surface area (Å²) in [7, 11) is 0. The smallest absolute Gasteiger partial charge is 0.271 e. The molecule has 178 valence electrons. The molecule has 3 amide bonds. The molecule has 0 saturated carbocycles. The summed E-state index contributed by atoms with van der Waals surface area (Å²) in [5, 5.41) is 10.7. The molecular weight excluding hydrogens is 448 g/mol. The number of carbonyl (C=O) groups excluding carboxylic acids is 3. The maximum atomic E-state index is 12.9. The number of thiazole rings is 1. The number of nitrogens with zero attached hydrogens (tertiary/aromatic N) is 1. The lowest BCUT2D eigenvalue weighted by atomic mass is 10.1. The Hall–Kier alpha value is -3.52. The number of carbonyl (C=O) groups is 3. The summed E-state index contributed by atoms with van der Waals surface area (Å²) >= 11 is 1.36. The number of amides is 3. The molecule has 3 aromatic rings. The lowest BCUT2D eigenvalue weighted by molar-refractivity contribution is -0.122. The van der Waals surface area contributed by atoms with Crippen molar-refractivity contribution < 1.29 is 14.4 Å². The summed E-state index contributed by atoms with van der Waals surface area (Å²) in [6.07, 6.45) is 0.814. The van der Waals surface area contributed by atoms with Gasteiger partial charge in [0.2, 0.25) is 5.91 Å². The SMILES string of the molecule is Cc1ccc(C(=O)NC[C@H](NC(=O)c2csc(-c3ccccc3)n2)C(=O)NCCC(C)C)cc1. The Labute approximate surface area is 204 Å². The van der Waals surface area contributed by atoms with Gasteiger partial charge in [-0.3, -0.25) is 14.4 Å². The first kappa shape index (κ1) is 25.1. The van der Waals surface area contributed by atoms with E-state index in [1.54, 1.807) is 17.5 Å². The van der Waals surface area contributed by atoms with E-state index < -0.39 is 11.9 Å². The summed E-state index contributed by atoms with van der Waals surface area (Å²) in [4.78, 5) is 42.6. The van der Waals surface area contributed by atoms with Gasteiger partial charge < -0.3 is 16.0 Å². The van der Waals surface area contributed by atoms with Crippen LogP contribution in [0.1, 0.15) is 46.7 Å². The molecule has 0 unspecified atom stereocenters. The van der Waals surface area contributed by atoms with E-state index in [4.69, 9.17) is 0 Å². The molecule has 8 heteroatoms. The van der Waals surface area contributed by atoms with E-state index in [0.29, 0.717) is 18.0 Å². The van der Waals surface area contributed by atoms with Gasteiger partial charge in [-0.25, -0.2) is 4.98 Å². The van der Waals surface area contributed by atoms with Crippen LogP contribution in [0.25, 0.3) is 10.6 Å². The first-order chi connectivity index (χ1) is 16.3. The van der Waals surface area contributed by atoms with Crippen molar-refractivity contribution in [3.63, 3.8) is 0 Å². The Morgan fingerprint density at radius 1 is 0.941 bits per heavy atom. The van der Waals surface area contributed by atoms with Crippen LogP contribution in [0.5, 0.6) is 0 Å². The monoisotopic (exact) mass is 478 g/mol. The number of rotatable bonds is 10. The molecule has 3 rings (SSSR count). The normalized spacial score (nSPS) is 11.6. The Morgan fingerprint density at radius 3 is 2.32 bits per heavy atom. The van der Waals surface area contributed by atoms with E-state index in [1.807, 2.05) is 49.4 Å². The third kappa shape index (κ3) is 7.25. The van der Waals surface area contributed by atoms with Crippen molar-refractivity contribution in [3.8, 4) is 10.6 Å². The highest BCUT2D eigenvalue weighted by Gasteiger charge is 2.23. The fourth-order valence-electron chi connectivity index (χ4n) is 3.14. The minimum Gasteiger partial charge on any atom is -0.354 e. The lowest BCUT2D eigenvalue weighted by Crippen LogP contribution is -2.53. The summed E-state index contributed by atoms with van der Waals surface area (Å²) < 4.78 is 0. The van der Waals surface area contributed by atoms with Gasteiger partial charge in [0.05, 0.1) is 0 Å². The number of hydrogen-bond acceptors (Lipinski definition) is 5. The first-order valence-corrected chi connectivity index (χ1v) is 12.2. The van der Waals surface area contributed by atoms with Crippen LogP contribution in [0.2, 0.25) is 0 Å². The highest BCUT2D eigenvalue weighted by atomic mass is 32.1. The second-order valence-corrected chi connectivity index (χ2v) is 9.34. The van der Waals surface area contributed by atoms with Crippen LogP contribution in [0.4, 0.5) is 0 Å². The number of aromatic nitrogens is 1. The average molecular weight is 479 g/mol. The number of hydrogen-bond donors (Lipinski definition) is 3. The second-order valence-electron chi connectivity index (χ2n) is 8.48. The van der Waals surface area contributed by atoms with Gasteiger partial charge in [0.25, 0.3) is 11.8 Å². The Bertz CT molecular complexity index is 1110. The largest absolute Gasteiger partial charge is 0.354 e. The molecule has 0 aliphatic carbocycles. The van der Waals surface area contributed by atoms with Gasteiger partial charge >= 0.3 is 0 Å². The minimum atomic E-state index is -0.934. The average Bonchev–Trinajstić information content (AvgIpc) is 3.33. The van der Waals surface area contributed by atoms with E-state index >= 15 is 0 Å². The van der Waals surface area contributed by atoms with Crippen molar-refractivity contribution in [3.05, 3.63) is 76.8 Å². The fraction of sp³-hybridized carbons (Fsp3) is 0.308. The van der Waals surface area contributed by atoms with Crippen LogP contribution >= 0.6 is 11.3 Å². The molecule has 0 spiro atoms. The zero-order chi connectivity index (χ0) is 24.5. The molecule has 0 saturated heterocycles. The Kier molecular flexibility index (Phi) is 8.93. The molecule has 0 aliphatic rings. The van der Waals surface area contributed by atoms with Crippen LogP contribution in [0, 0.1) is 12.8 Å². The van der Waals surface area contributed by atoms with Crippen molar-refractivity contribution in [2.24, 2.45) is 5.92 Å². The topological polar surface area (TPSA) is 100 Å². The molecule has 0 fully saturated rings. The Morgan fingerprint density at radius 2 is 1.65 bits per heavy atom. The predicted molar refractivity (Wildman–Crippen MR) is 135 cm³/mol. The maximum absolute atomic E-state index is 12.9. The van der Waals surface area contributed by atoms with Crippen molar-refractivity contribution in [1.82, 2.24) is 20.9 Å². The van der Waals surface area contributed by atoms with Gasteiger partial charge in [-0.1, -0.05) is 61.9 Å². The number of benzene rings is 2. The van der Waals surface area contributed by atoms with Crippen LogP contribution < -0.4 is 16.0 Å². The van der Waals surface area contributed by atoms with E-state index in [0.717, 1.165) is 22.6 Å². The fourth-order valence-corrected chi connectivity index (χ4v) is 3.95. The van der Waals surface area contributed by atoms with Crippen molar-refractivity contribution in [1.29, 1.82) is 0 Å². The van der Waals surface area contributed by atoms with Crippen LogP contribution in [-0.2, 0) is 4.79 Å². The van der Waals surface area contributed by atoms with Crippen molar-refractivity contribution >= 4 is 29.1 Å². The lowest BCUT2D eigenvalue weighted by Gasteiger charge is -2.19. The van der Waals surface area contributed by atoms with Crippen LogP contribution in [0.15, 0.2) is 60.0 Å². The quantitative estimate of drug-likeness (QED) is 0.413. The summed E-state index contributed by atoms with van der Waals surface area (Å²) in [5.74, 6) is -0.695. The molecular formula is C26H30N4O3S. The number of aryl methyl sites for hydroxylation is 1. The molecule has 0 bridgehead atoms. The van der Waals surface area contributed by atoms with Crippen LogP contribution in [-0.4, -0.2) is 41.8 Å². The van der Waals surface area contributed by atoms with Crippen molar-refractivity contribution in [2.45, 2.75) is 33.2 Å². The highest BCUT2D eigenvalue weighted by molar-refractivity contribution is 7.13. The Balaban J connectivity index is 1.67. The molecule has 2 aromatic carbocycles. The highest BCUT2D eigenvalue weighted by Crippen LogP contribution is 2.23. The molecule has 1 atom stereocenters. The molecule has 34 heavy (non-hydrogen) atoms. The maximum Gasteiger partial charge on any atom is 0.271 e. The van der Waals surface area contributed by atoms with Crippen LogP contribution in [0.3, 0.4) is 0 Å². The molecule has 0 aliphatic heterocycles. The van der Waals surface area contributed by atoms with Gasteiger partial charge in [-0.15, -0.1) is 11.3 Å². The van der Waals surface area contributed by atoms with E-state index in [-0.39, 0.29) is 24.1 Å². The summed E-state index contributed by atoms with van der Waals surface area (Å²) in [6, 6.07) is 15.8. The van der Waals surface area contributed by atoms with Crippen molar-refractivity contribution in [2.75, 3.05) is 13.1 Å². The zero-order valence-electron chi connectivity index (χ0n) is 19.6. The molecule has 1 heterocycles. The van der Waals surface area contributed by atoms with E-state index in [1.165, 1.54) is 11.3 Å². The van der Waals surface area contributed by atoms with E-state index in [2.05, 4.69) is 34.8 Å². The molecule has 3 N–H and O–H groups in total. The summed E-state index contributed by atoms with van der Waals surface area (Å²) in [6.45, 7) is 6.53. The van der Waals surface area contributed by atoms with Gasteiger partial charge in [0.15, 0.2) is 0 Å². The van der Waals surface area contributed by atoms with Gasteiger partial charge in [0, 0.05) is 29.6 Å². The van der Waals surface area contributed by atoms with E-state index in [9.17, 15) is 14.4 Å². The van der Waals surface area contributed by atoms with Gasteiger partial charge in [-0.05, 0) is 31.4 Å². The molecule has 1 aromatic heterocycles. The first-order valence-electron chi connectivity index (χ1n) is 11.3. The molecule has 0 radical (unpaired) electrons. The minimum absolute atomic E-state index is 0.0400. The number of nitrogens with one attached hydrogen (secondary N) is 3. The molecule has 7 nitrogen and oxygen atoms in total. The van der Waals surface area contributed by atoms with Gasteiger partial charge in [0.1, 0.15) is 16.7 Å². The zero-order valence-corrected chi connectivity index (χ0v) is 20.4. The predicted octanol–water partition coefficient (Wildman–Crippen LogP) is 3.81. The summed E-state index contributed by atoms with van der Waals surface area (Å²) in [5.41, 5.74) is 2.68. The second kappa shape index (κ2) is 12.1. The third-order valence-corrected chi connectivity index (χ3v) is 6.07. The van der Waals surface area contributed by atoms with Gasteiger partial charge in [-0.2, -0.15) is 0 Å². The standard InChI is InChI=1S/C26H30N4O3S/c1-17(2)13-14-27-24(32)21(15-28-23(31)19-11-9-18(3)10-12-19)29-25(33)22-16-34-26(30-22)20-7-5-4-6-8-20/h4-12,16-17,21H,13-15H2,1-3H3,(H,27,32)(H,28,31)(H,29,33)/t21-/m0/s1. The third-order valence-electron chi connectivity index (χ3n) is 5.18.